The topological polar surface area (TPSA) is 49.3 Å². The summed E-state index contributed by atoms with van der Waals surface area (Å²) in [6, 6.07) is 3.61. The first-order chi connectivity index (χ1) is 6.59. The highest BCUT2D eigenvalue weighted by atomic mass is 16.4. The number of carboxylic acids is 1. The lowest BCUT2D eigenvalue weighted by Gasteiger charge is -2.07. The molecule has 2 rings (SSSR count). The van der Waals surface area contributed by atoms with E-state index in [2.05, 4.69) is 5.32 Å². The highest BCUT2D eigenvalue weighted by molar-refractivity contribution is 5.82. The number of benzene rings is 1. The van der Waals surface area contributed by atoms with Gasteiger partial charge in [0.25, 0.3) is 0 Å². The summed E-state index contributed by atoms with van der Waals surface area (Å²) in [6.07, 6.45) is 0.595. The van der Waals surface area contributed by atoms with Crippen molar-refractivity contribution in [2.24, 2.45) is 0 Å². The Morgan fingerprint density at radius 3 is 2.64 bits per heavy atom. The van der Waals surface area contributed by atoms with Crippen LogP contribution in [0.2, 0.25) is 0 Å². The van der Waals surface area contributed by atoms with E-state index in [4.69, 9.17) is 5.11 Å². The molecule has 0 amide bonds. The fourth-order valence-electron chi connectivity index (χ4n) is 1.91. The Morgan fingerprint density at radius 2 is 2.07 bits per heavy atom. The van der Waals surface area contributed by atoms with Crippen molar-refractivity contribution in [2.45, 2.75) is 26.3 Å². The molecule has 1 aliphatic rings. The molecule has 0 radical (unpaired) electrons. The van der Waals surface area contributed by atoms with Gasteiger partial charge in [-0.1, -0.05) is 12.1 Å². The monoisotopic (exact) mass is 191 g/mol. The molecule has 0 saturated heterocycles. The van der Waals surface area contributed by atoms with E-state index in [-0.39, 0.29) is 0 Å². The summed E-state index contributed by atoms with van der Waals surface area (Å²) < 4.78 is 0. The Morgan fingerprint density at radius 1 is 1.43 bits per heavy atom. The lowest BCUT2D eigenvalue weighted by atomic mass is 10.0. The predicted molar refractivity (Wildman–Crippen MR) is 54.7 cm³/mol. The van der Waals surface area contributed by atoms with Crippen molar-refractivity contribution in [1.82, 2.24) is 0 Å². The van der Waals surface area contributed by atoms with Crippen LogP contribution in [0.25, 0.3) is 0 Å². The zero-order chi connectivity index (χ0) is 10.3. The molecule has 2 N–H and O–H groups in total. The maximum absolute atomic E-state index is 10.8. The summed E-state index contributed by atoms with van der Waals surface area (Å²) in [6.45, 7) is 4.01. The van der Waals surface area contributed by atoms with Crippen LogP contribution in [0.4, 0.5) is 5.69 Å². The second kappa shape index (κ2) is 3.01. The average Bonchev–Trinajstić information content (AvgIpc) is 2.57. The fraction of sp³-hybridized carbons (Fsp3) is 0.364. The molecule has 14 heavy (non-hydrogen) atoms. The zero-order valence-corrected chi connectivity index (χ0v) is 8.29. The third-order valence-corrected chi connectivity index (χ3v) is 2.78. The number of hydrogen-bond acceptors (Lipinski definition) is 2. The minimum Gasteiger partial charge on any atom is -0.480 e. The number of aryl methyl sites for hydroxylation is 2. The van der Waals surface area contributed by atoms with Crippen molar-refractivity contribution in [3.8, 4) is 0 Å². The van der Waals surface area contributed by atoms with E-state index in [0.29, 0.717) is 6.42 Å². The van der Waals surface area contributed by atoms with E-state index in [1.807, 2.05) is 26.0 Å². The van der Waals surface area contributed by atoms with Gasteiger partial charge in [0.05, 0.1) is 0 Å². The van der Waals surface area contributed by atoms with Gasteiger partial charge in [-0.05, 0) is 30.5 Å². The second-order valence-corrected chi connectivity index (χ2v) is 3.79. The van der Waals surface area contributed by atoms with Crippen LogP contribution in [0.3, 0.4) is 0 Å². The Labute approximate surface area is 82.8 Å². The van der Waals surface area contributed by atoms with E-state index in [9.17, 15) is 4.79 Å². The van der Waals surface area contributed by atoms with Crippen molar-refractivity contribution >= 4 is 11.7 Å². The van der Waals surface area contributed by atoms with Crippen molar-refractivity contribution < 1.29 is 9.90 Å². The number of rotatable bonds is 1. The molecule has 74 valence electrons. The van der Waals surface area contributed by atoms with Crippen LogP contribution in [-0.2, 0) is 11.2 Å². The van der Waals surface area contributed by atoms with Crippen molar-refractivity contribution in [3.05, 3.63) is 28.8 Å². The van der Waals surface area contributed by atoms with Gasteiger partial charge < -0.3 is 10.4 Å². The third kappa shape index (κ3) is 1.25. The van der Waals surface area contributed by atoms with E-state index < -0.39 is 12.0 Å². The van der Waals surface area contributed by atoms with Crippen LogP contribution in [0.15, 0.2) is 12.1 Å². The zero-order valence-electron chi connectivity index (χ0n) is 8.29. The summed E-state index contributed by atoms with van der Waals surface area (Å²) in [5.41, 5.74) is 4.45. The Hall–Kier alpha value is -1.51. The molecule has 1 atom stereocenters. The number of carbonyl (C=O) groups is 1. The van der Waals surface area contributed by atoms with E-state index in [0.717, 1.165) is 16.8 Å². The second-order valence-electron chi connectivity index (χ2n) is 3.79. The maximum atomic E-state index is 10.8. The van der Waals surface area contributed by atoms with E-state index in [1.165, 1.54) is 5.56 Å². The normalized spacial score (nSPS) is 18.9. The van der Waals surface area contributed by atoms with Crippen LogP contribution in [0, 0.1) is 13.8 Å². The Balaban J connectivity index is 2.43. The molecule has 0 aliphatic carbocycles. The SMILES string of the molecule is Cc1ccc(C)c2c1C[C@@H](C(=O)O)N2. The first-order valence-electron chi connectivity index (χ1n) is 4.68. The molecule has 1 aliphatic heterocycles. The van der Waals surface area contributed by atoms with Crippen LogP contribution in [-0.4, -0.2) is 17.1 Å². The number of aliphatic carboxylic acids is 1. The van der Waals surface area contributed by atoms with Crippen LogP contribution in [0.5, 0.6) is 0 Å². The molecular formula is C11H13NO2. The molecule has 1 aromatic carbocycles. The van der Waals surface area contributed by atoms with Crippen LogP contribution in [0.1, 0.15) is 16.7 Å². The van der Waals surface area contributed by atoms with Gasteiger partial charge in [-0.25, -0.2) is 4.79 Å². The molecule has 1 aromatic rings. The third-order valence-electron chi connectivity index (χ3n) is 2.78. The maximum Gasteiger partial charge on any atom is 0.326 e. The number of carboxylic acid groups (broad SMARTS) is 1. The molecule has 3 heteroatoms. The number of anilines is 1. The molecule has 0 unspecified atom stereocenters. The van der Waals surface area contributed by atoms with Gasteiger partial charge in [0.1, 0.15) is 6.04 Å². The molecule has 3 nitrogen and oxygen atoms in total. The van der Waals surface area contributed by atoms with Gasteiger partial charge >= 0.3 is 5.97 Å². The summed E-state index contributed by atoms with van der Waals surface area (Å²) in [5.74, 6) is -0.778. The molecule has 0 saturated carbocycles. The average molecular weight is 191 g/mol. The standard InChI is InChI=1S/C11H13NO2/c1-6-3-4-7(2)10-8(6)5-9(12-10)11(13)14/h3-4,9,12H,5H2,1-2H3,(H,13,14)/t9-/m0/s1. The van der Waals surface area contributed by atoms with Crippen molar-refractivity contribution in [2.75, 3.05) is 5.32 Å². The van der Waals surface area contributed by atoms with E-state index >= 15 is 0 Å². The molecule has 0 spiro atoms. The van der Waals surface area contributed by atoms with Crippen molar-refractivity contribution in [1.29, 1.82) is 0 Å². The smallest absolute Gasteiger partial charge is 0.326 e. The van der Waals surface area contributed by atoms with E-state index in [1.54, 1.807) is 0 Å². The summed E-state index contributed by atoms with van der Waals surface area (Å²) in [4.78, 5) is 10.8. The summed E-state index contributed by atoms with van der Waals surface area (Å²) >= 11 is 0. The van der Waals surface area contributed by atoms with Gasteiger partial charge in [-0.2, -0.15) is 0 Å². The lowest BCUT2D eigenvalue weighted by Crippen LogP contribution is -2.26. The van der Waals surface area contributed by atoms with Gasteiger partial charge in [0.2, 0.25) is 0 Å². The Kier molecular flexibility index (Phi) is 1.95. The summed E-state index contributed by atoms with van der Waals surface area (Å²) in [5, 5.41) is 11.9. The highest BCUT2D eigenvalue weighted by Gasteiger charge is 2.28. The lowest BCUT2D eigenvalue weighted by molar-refractivity contribution is -0.137. The van der Waals surface area contributed by atoms with Gasteiger partial charge in [0, 0.05) is 12.1 Å². The summed E-state index contributed by atoms with van der Waals surface area (Å²) in [7, 11) is 0. The minimum atomic E-state index is -0.778. The minimum absolute atomic E-state index is 0.454. The quantitative estimate of drug-likeness (QED) is 0.710. The van der Waals surface area contributed by atoms with Crippen molar-refractivity contribution in [3.63, 3.8) is 0 Å². The number of hydrogen-bond donors (Lipinski definition) is 2. The van der Waals surface area contributed by atoms with Gasteiger partial charge in [0.15, 0.2) is 0 Å². The first-order valence-corrected chi connectivity index (χ1v) is 4.68. The Bertz CT molecular complexity index is 368. The fourth-order valence-corrected chi connectivity index (χ4v) is 1.91. The predicted octanol–water partition coefficient (Wildman–Crippen LogP) is 1.72. The molecule has 0 aromatic heterocycles. The molecule has 1 heterocycles. The molecule has 0 fully saturated rings. The number of fused-ring (bicyclic) bond motifs is 1. The molecular weight excluding hydrogens is 178 g/mol. The largest absolute Gasteiger partial charge is 0.480 e. The van der Waals surface area contributed by atoms with Gasteiger partial charge in [-0.3, -0.25) is 0 Å². The van der Waals surface area contributed by atoms with Crippen LogP contribution >= 0.6 is 0 Å². The number of nitrogens with one attached hydrogen (secondary N) is 1. The first kappa shape index (κ1) is 9.06. The molecule has 0 bridgehead atoms. The highest BCUT2D eigenvalue weighted by Crippen LogP contribution is 2.31. The van der Waals surface area contributed by atoms with Gasteiger partial charge in [-0.15, -0.1) is 0 Å². The van der Waals surface area contributed by atoms with Crippen LogP contribution < -0.4 is 5.32 Å².